The molecule has 1 unspecified atom stereocenters. The standard InChI is InChI=1S/C24H36N9O2/c1-16-12-27-20-19(16)21(29-15-28-20)32-10-11-33(14-25,17(2)13-32)22(26)30-18-6-8-31(9-7-18)23(34)35-24(3,4)5/h12,15,17-18H,6-11,13H2,1-5H3,(H2,26,30)(H,27,28,29)/q+1/t17?,33-/m0/s1. The Labute approximate surface area is 206 Å². The molecule has 2 atom stereocenters. The van der Waals surface area contributed by atoms with Crippen LogP contribution in [0.25, 0.3) is 11.0 Å². The van der Waals surface area contributed by atoms with Gasteiger partial charge in [-0.15, -0.1) is 5.26 Å². The van der Waals surface area contributed by atoms with Crippen molar-refractivity contribution in [3.8, 4) is 6.19 Å². The van der Waals surface area contributed by atoms with Crippen LogP contribution in [0.4, 0.5) is 10.6 Å². The Bertz CT molecular complexity index is 1150. The number of aromatic amines is 1. The highest BCUT2D eigenvalue weighted by atomic mass is 16.6. The van der Waals surface area contributed by atoms with Crippen LogP contribution in [-0.2, 0) is 4.74 Å². The van der Waals surface area contributed by atoms with Gasteiger partial charge in [-0.2, -0.15) is 4.48 Å². The minimum absolute atomic E-state index is 0.0108. The number of hydrogen-bond donors (Lipinski definition) is 2. The van der Waals surface area contributed by atoms with E-state index in [1.165, 1.54) is 0 Å². The second-order valence-electron chi connectivity index (χ2n) is 10.6. The molecule has 11 nitrogen and oxygen atoms in total. The number of ether oxygens (including phenoxy) is 1. The molecule has 2 aromatic rings. The molecular weight excluding hydrogens is 446 g/mol. The van der Waals surface area contributed by atoms with Crippen molar-refractivity contribution in [1.29, 1.82) is 5.26 Å². The molecule has 2 fully saturated rings. The number of hydrogen-bond acceptors (Lipinski definition) is 7. The van der Waals surface area contributed by atoms with Crippen molar-refractivity contribution in [2.75, 3.05) is 37.6 Å². The number of aromatic nitrogens is 3. The molecule has 0 saturated carbocycles. The lowest BCUT2D eigenvalue weighted by Crippen LogP contribution is -2.67. The Morgan fingerprint density at radius 1 is 1.31 bits per heavy atom. The van der Waals surface area contributed by atoms with Crippen LogP contribution in [0.3, 0.4) is 0 Å². The van der Waals surface area contributed by atoms with Gasteiger partial charge >= 0.3 is 18.2 Å². The number of aliphatic imine (C=N–C) groups is 1. The van der Waals surface area contributed by atoms with Gasteiger partial charge in [0.05, 0.1) is 24.5 Å². The minimum Gasteiger partial charge on any atom is -0.444 e. The van der Waals surface area contributed by atoms with E-state index < -0.39 is 5.60 Å². The number of aryl methyl sites for hydroxylation is 1. The summed E-state index contributed by atoms with van der Waals surface area (Å²) in [5.41, 5.74) is 7.90. The van der Waals surface area contributed by atoms with E-state index in [4.69, 9.17) is 15.5 Å². The summed E-state index contributed by atoms with van der Waals surface area (Å²) in [6.45, 7) is 12.5. The number of piperazine rings is 1. The number of nitrogens with zero attached hydrogens (tertiary/aromatic N) is 7. The number of piperidine rings is 1. The number of H-pyrrole nitrogens is 1. The van der Waals surface area contributed by atoms with E-state index in [2.05, 4.69) is 26.0 Å². The molecule has 0 aromatic carbocycles. The van der Waals surface area contributed by atoms with Crippen molar-refractivity contribution >= 4 is 28.9 Å². The fraction of sp³-hybridized carbons (Fsp3) is 0.625. The number of nitriles is 1. The molecule has 2 aromatic heterocycles. The first-order valence-corrected chi connectivity index (χ1v) is 12.2. The van der Waals surface area contributed by atoms with E-state index >= 15 is 0 Å². The van der Waals surface area contributed by atoms with Crippen LogP contribution < -0.4 is 10.6 Å². The average molecular weight is 483 g/mol. The third-order valence-electron chi connectivity index (χ3n) is 6.92. The molecule has 188 valence electrons. The summed E-state index contributed by atoms with van der Waals surface area (Å²) in [6.07, 6.45) is 7.05. The number of quaternary nitrogens is 1. The third kappa shape index (κ3) is 4.89. The quantitative estimate of drug-likeness (QED) is 0.290. The van der Waals surface area contributed by atoms with Gasteiger partial charge < -0.3 is 25.3 Å². The number of amides is 1. The van der Waals surface area contributed by atoms with E-state index in [0.717, 1.165) is 22.4 Å². The number of carbonyl (C=O) groups excluding carboxylic acids is 1. The van der Waals surface area contributed by atoms with Crippen molar-refractivity contribution in [2.24, 2.45) is 10.7 Å². The van der Waals surface area contributed by atoms with Gasteiger partial charge in [-0.1, -0.05) is 0 Å². The molecule has 0 bridgehead atoms. The zero-order chi connectivity index (χ0) is 25.4. The molecule has 1 amide bonds. The highest BCUT2D eigenvalue weighted by molar-refractivity contribution is 5.90. The fourth-order valence-corrected chi connectivity index (χ4v) is 4.91. The van der Waals surface area contributed by atoms with E-state index in [-0.39, 0.29) is 22.7 Å². The lowest BCUT2D eigenvalue weighted by Gasteiger charge is -2.42. The first kappa shape index (κ1) is 24.7. The number of anilines is 1. The summed E-state index contributed by atoms with van der Waals surface area (Å²) in [6, 6.07) is -0.116. The predicted octanol–water partition coefficient (Wildman–Crippen LogP) is 2.49. The average Bonchev–Trinajstić information content (AvgIpc) is 3.19. The monoisotopic (exact) mass is 482 g/mol. The van der Waals surface area contributed by atoms with E-state index in [0.29, 0.717) is 51.5 Å². The topological polar surface area (TPSA) is 137 Å². The van der Waals surface area contributed by atoms with E-state index in [9.17, 15) is 10.1 Å². The molecule has 0 spiro atoms. The number of nitrogens with two attached hydrogens (primary N) is 1. The number of likely N-dealkylation sites (tertiary alicyclic amines) is 1. The molecule has 2 aliphatic rings. The van der Waals surface area contributed by atoms with Crippen molar-refractivity contribution < 1.29 is 14.0 Å². The first-order chi connectivity index (χ1) is 16.5. The second-order valence-corrected chi connectivity index (χ2v) is 10.6. The van der Waals surface area contributed by atoms with Crippen LogP contribution in [-0.4, -0.2) is 86.8 Å². The van der Waals surface area contributed by atoms with Crippen LogP contribution in [0.5, 0.6) is 0 Å². The van der Waals surface area contributed by atoms with Gasteiger partial charge in [0.2, 0.25) is 0 Å². The summed E-state index contributed by atoms with van der Waals surface area (Å²) in [7, 11) is 0. The molecule has 35 heavy (non-hydrogen) atoms. The van der Waals surface area contributed by atoms with Crippen molar-refractivity contribution in [1.82, 2.24) is 19.9 Å². The van der Waals surface area contributed by atoms with Gasteiger partial charge in [-0.05, 0) is 53.0 Å². The number of fused-ring (bicyclic) bond motifs is 1. The second kappa shape index (κ2) is 9.34. The fourth-order valence-electron chi connectivity index (χ4n) is 4.91. The number of nitrogens with one attached hydrogen (secondary N) is 1. The third-order valence-corrected chi connectivity index (χ3v) is 6.92. The normalized spacial score (nSPS) is 24.5. The number of rotatable bonds is 2. The smallest absolute Gasteiger partial charge is 0.410 e. The maximum absolute atomic E-state index is 12.3. The molecular formula is C24H36N9O2+. The Morgan fingerprint density at radius 2 is 2.03 bits per heavy atom. The molecule has 3 N–H and O–H groups in total. The number of carbonyl (C=O) groups is 1. The predicted molar refractivity (Wildman–Crippen MR) is 133 cm³/mol. The Morgan fingerprint density at radius 3 is 2.66 bits per heavy atom. The lowest BCUT2D eigenvalue weighted by atomic mass is 10.1. The summed E-state index contributed by atoms with van der Waals surface area (Å²) in [4.78, 5) is 33.1. The van der Waals surface area contributed by atoms with Crippen LogP contribution >= 0.6 is 0 Å². The summed E-state index contributed by atoms with van der Waals surface area (Å²) in [5.74, 6) is 1.22. The maximum Gasteiger partial charge on any atom is 0.410 e. The summed E-state index contributed by atoms with van der Waals surface area (Å²) >= 11 is 0. The molecule has 0 aliphatic carbocycles. The van der Waals surface area contributed by atoms with Gasteiger partial charge in [0, 0.05) is 19.3 Å². The summed E-state index contributed by atoms with van der Waals surface area (Å²) in [5, 5.41) is 11.2. The van der Waals surface area contributed by atoms with Crippen molar-refractivity contribution in [3.05, 3.63) is 18.1 Å². The SMILES string of the molecule is Cc1c[nH]c2ncnc(N3CC[N@@+](C#N)(C(N)=NC4CCN(C(=O)OC(C)(C)C)CC4)C(C)C3)c12. The van der Waals surface area contributed by atoms with Gasteiger partial charge in [0.1, 0.15) is 36.0 Å². The van der Waals surface area contributed by atoms with Crippen molar-refractivity contribution in [2.45, 2.75) is 65.1 Å². The van der Waals surface area contributed by atoms with Crippen LogP contribution in [0.1, 0.15) is 46.1 Å². The van der Waals surface area contributed by atoms with Crippen LogP contribution in [0.2, 0.25) is 0 Å². The highest BCUT2D eigenvalue weighted by Gasteiger charge is 2.46. The Kier molecular flexibility index (Phi) is 6.60. The zero-order valence-electron chi connectivity index (χ0n) is 21.3. The Hall–Kier alpha value is -3.39. The maximum atomic E-state index is 12.3. The Balaban J connectivity index is 1.44. The molecule has 2 aliphatic heterocycles. The van der Waals surface area contributed by atoms with E-state index in [1.54, 1.807) is 11.2 Å². The molecule has 4 rings (SSSR count). The molecule has 11 heteroatoms. The van der Waals surface area contributed by atoms with Gasteiger partial charge in [-0.25, -0.2) is 19.8 Å². The zero-order valence-corrected chi connectivity index (χ0v) is 21.3. The van der Waals surface area contributed by atoms with E-state index in [1.807, 2.05) is 40.8 Å². The largest absolute Gasteiger partial charge is 0.444 e. The molecule has 4 heterocycles. The van der Waals surface area contributed by atoms with Gasteiger partial charge in [-0.3, -0.25) is 0 Å². The van der Waals surface area contributed by atoms with Crippen LogP contribution in [0, 0.1) is 18.4 Å². The van der Waals surface area contributed by atoms with Crippen LogP contribution in [0.15, 0.2) is 17.5 Å². The number of guanidine groups is 1. The highest BCUT2D eigenvalue weighted by Crippen LogP contribution is 2.30. The van der Waals surface area contributed by atoms with Gasteiger partial charge in [0.25, 0.3) is 0 Å². The van der Waals surface area contributed by atoms with Gasteiger partial charge in [0.15, 0.2) is 0 Å². The van der Waals surface area contributed by atoms with Crippen molar-refractivity contribution in [3.63, 3.8) is 0 Å². The first-order valence-electron chi connectivity index (χ1n) is 12.2. The molecule has 0 radical (unpaired) electrons. The lowest BCUT2D eigenvalue weighted by molar-refractivity contribution is -0.802. The molecule has 2 saturated heterocycles. The minimum atomic E-state index is -0.518. The summed E-state index contributed by atoms with van der Waals surface area (Å²) < 4.78 is 5.47.